The van der Waals surface area contributed by atoms with E-state index in [-0.39, 0.29) is 11.4 Å². The number of hydrogen-bond acceptors (Lipinski definition) is 3. The Bertz CT molecular complexity index is 458. The van der Waals surface area contributed by atoms with Crippen molar-refractivity contribution >= 4 is 17.5 Å². The molecular formula is C16H25ClN2O2. The van der Waals surface area contributed by atoms with Gasteiger partial charge in [0.15, 0.2) is 0 Å². The summed E-state index contributed by atoms with van der Waals surface area (Å²) < 4.78 is 5.57. The van der Waals surface area contributed by atoms with E-state index in [2.05, 4.69) is 26.1 Å². The van der Waals surface area contributed by atoms with Crippen LogP contribution in [0.4, 0.5) is 0 Å². The zero-order valence-corrected chi connectivity index (χ0v) is 14.0. The van der Waals surface area contributed by atoms with Crippen molar-refractivity contribution in [3.8, 4) is 5.75 Å². The van der Waals surface area contributed by atoms with Crippen LogP contribution in [0.3, 0.4) is 0 Å². The lowest BCUT2D eigenvalue weighted by molar-refractivity contribution is -0.130. The molecule has 0 fully saturated rings. The smallest absolute Gasteiger partial charge is 0.223 e. The van der Waals surface area contributed by atoms with E-state index in [0.29, 0.717) is 36.9 Å². The highest BCUT2D eigenvalue weighted by molar-refractivity contribution is 6.32. The highest BCUT2D eigenvalue weighted by Gasteiger charge is 2.12. The topological polar surface area (TPSA) is 41.6 Å². The summed E-state index contributed by atoms with van der Waals surface area (Å²) in [4.78, 5) is 13.6. The normalized spacial score (nSPS) is 11.3. The molecule has 1 aromatic carbocycles. The van der Waals surface area contributed by atoms with E-state index in [1.54, 1.807) is 18.0 Å². The van der Waals surface area contributed by atoms with Gasteiger partial charge in [0.05, 0.1) is 11.6 Å². The first-order valence-corrected chi connectivity index (χ1v) is 7.54. The summed E-state index contributed by atoms with van der Waals surface area (Å²) in [6.45, 7) is 7.90. The first-order valence-electron chi connectivity index (χ1n) is 7.16. The number of halogens is 1. The zero-order valence-electron chi connectivity index (χ0n) is 13.3. The molecule has 0 radical (unpaired) electrons. The molecule has 0 bridgehead atoms. The third kappa shape index (κ3) is 7.34. The number of para-hydroxylation sites is 1. The molecule has 1 aromatic rings. The van der Waals surface area contributed by atoms with Crippen LogP contribution in [0.15, 0.2) is 24.3 Å². The fraction of sp³-hybridized carbons (Fsp3) is 0.562. The van der Waals surface area contributed by atoms with Crippen LogP contribution >= 0.6 is 11.6 Å². The molecule has 1 amide bonds. The van der Waals surface area contributed by atoms with Crippen LogP contribution in [0.2, 0.25) is 5.02 Å². The lowest BCUT2D eigenvalue weighted by Gasteiger charge is -2.22. The summed E-state index contributed by atoms with van der Waals surface area (Å²) in [5.41, 5.74) is 0.0338. The molecule has 21 heavy (non-hydrogen) atoms. The van der Waals surface area contributed by atoms with E-state index in [1.165, 1.54) is 0 Å². The minimum atomic E-state index is 0.0338. The number of nitrogens with one attached hydrogen (secondary N) is 1. The molecule has 0 aromatic heterocycles. The minimum Gasteiger partial charge on any atom is -0.490 e. The molecule has 0 aliphatic heterocycles. The van der Waals surface area contributed by atoms with E-state index in [1.807, 2.05) is 18.2 Å². The predicted octanol–water partition coefficient (Wildman–Crippen LogP) is 2.96. The SMILES string of the molecule is CN(CCOc1ccccc1Cl)C(=O)CCNC(C)(C)C. The van der Waals surface area contributed by atoms with Crippen LogP contribution in [-0.4, -0.2) is 43.1 Å². The van der Waals surface area contributed by atoms with Crippen molar-refractivity contribution in [1.82, 2.24) is 10.2 Å². The average molecular weight is 313 g/mol. The molecule has 0 unspecified atom stereocenters. The van der Waals surface area contributed by atoms with Gasteiger partial charge in [0.2, 0.25) is 5.91 Å². The lowest BCUT2D eigenvalue weighted by Crippen LogP contribution is -2.39. The van der Waals surface area contributed by atoms with E-state index >= 15 is 0 Å². The summed E-state index contributed by atoms with van der Waals surface area (Å²) in [5, 5.41) is 3.88. The van der Waals surface area contributed by atoms with Crippen molar-refractivity contribution in [2.45, 2.75) is 32.7 Å². The van der Waals surface area contributed by atoms with Gasteiger partial charge < -0.3 is 15.0 Å². The Balaban J connectivity index is 2.25. The second-order valence-corrected chi connectivity index (χ2v) is 6.43. The van der Waals surface area contributed by atoms with E-state index in [0.717, 1.165) is 0 Å². The van der Waals surface area contributed by atoms with Gasteiger partial charge in [-0.3, -0.25) is 4.79 Å². The second-order valence-electron chi connectivity index (χ2n) is 6.02. The number of hydrogen-bond donors (Lipinski definition) is 1. The molecule has 4 nitrogen and oxygen atoms in total. The van der Waals surface area contributed by atoms with Crippen LogP contribution in [0.1, 0.15) is 27.2 Å². The maximum absolute atomic E-state index is 11.9. The number of amides is 1. The van der Waals surface area contributed by atoms with Crippen molar-refractivity contribution in [3.05, 3.63) is 29.3 Å². The van der Waals surface area contributed by atoms with Crippen LogP contribution < -0.4 is 10.1 Å². The summed E-state index contributed by atoms with van der Waals surface area (Å²) >= 11 is 6.00. The molecule has 0 heterocycles. The van der Waals surface area contributed by atoms with Crippen molar-refractivity contribution in [2.24, 2.45) is 0 Å². The Kier molecular flexibility index (Phi) is 6.99. The fourth-order valence-electron chi connectivity index (χ4n) is 1.71. The zero-order chi connectivity index (χ0) is 15.9. The molecule has 1 N–H and O–H groups in total. The molecule has 0 aliphatic carbocycles. The number of benzene rings is 1. The predicted molar refractivity (Wildman–Crippen MR) is 87.0 cm³/mol. The molecule has 0 saturated carbocycles. The van der Waals surface area contributed by atoms with Gasteiger partial charge in [0.25, 0.3) is 0 Å². The van der Waals surface area contributed by atoms with E-state index in [9.17, 15) is 4.79 Å². The molecule has 5 heteroatoms. The molecule has 118 valence electrons. The number of likely N-dealkylation sites (N-methyl/N-ethyl adjacent to an activating group) is 1. The van der Waals surface area contributed by atoms with Gasteiger partial charge in [-0.15, -0.1) is 0 Å². The van der Waals surface area contributed by atoms with Crippen molar-refractivity contribution in [1.29, 1.82) is 0 Å². The highest BCUT2D eigenvalue weighted by Crippen LogP contribution is 2.22. The Hall–Kier alpha value is -1.26. The third-order valence-corrected chi connectivity index (χ3v) is 3.25. The fourth-order valence-corrected chi connectivity index (χ4v) is 1.90. The summed E-state index contributed by atoms with van der Waals surface area (Å²) in [6, 6.07) is 7.32. The van der Waals surface area contributed by atoms with Gasteiger partial charge >= 0.3 is 0 Å². The van der Waals surface area contributed by atoms with Gasteiger partial charge in [0, 0.05) is 25.6 Å². The summed E-state index contributed by atoms with van der Waals surface area (Å²) in [7, 11) is 1.79. The van der Waals surface area contributed by atoms with Crippen molar-refractivity contribution in [3.63, 3.8) is 0 Å². The Morgan fingerprint density at radius 1 is 1.33 bits per heavy atom. The molecule has 0 spiro atoms. The molecule has 1 rings (SSSR count). The third-order valence-electron chi connectivity index (χ3n) is 2.94. The van der Waals surface area contributed by atoms with Gasteiger partial charge in [-0.1, -0.05) is 23.7 Å². The van der Waals surface area contributed by atoms with Crippen molar-refractivity contribution < 1.29 is 9.53 Å². The highest BCUT2D eigenvalue weighted by atomic mass is 35.5. The standard InChI is InChI=1S/C16H25ClN2O2/c1-16(2,3)18-10-9-15(20)19(4)11-12-21-14-8-6-5-7-13(14)17/h5-8,18H,9-12H2,1-4H3. The number of ether oxygens (including phenoxy) is 1. The van der Waals surface area contributed by atoms with E-state index < -0.39 is 0 Å². The van der Waals surface area contributed by atoms with Crippen LogP contribution in [-0.2, 0) is 4.79 Å². The monoisotopic (exact) mass is 312 g/mol. The van der Waals surface area contributed by atoms with Gasteiger partial charge in [0.1, 0.15) is 12.4 Å². The number of carbonyl (C=O) groups excluding carboxylic acids is 1. The summed E-state index contributed by atoms with van der Waals surface area (Å²) in [6.07, 6.45) is 0.486. The van der Waals surface area contributed by atoms with Crippen molar-refractivity contribution in [2.75, 3.05) is 26.7 Å². The average Bonchev–Trinajstić information content (AvgIpc) is 2.39. The largest absolute Gasteiger partial charge is 0.490 e. The quantitative estimate of drug-likeness (QED) is 0.841. The van der Waals surface area contributed by atoms with Crippen LogP contribution in [0.5, 0.6) is 5.75 Å². The minimum absolute atomic E-state index is 0.0338. The van der Waals surface area contributed by atoms with Crippen LogP contribution in [0, 0.1) is 0 Å². The Morgan fingerprint density at radius 3 is 2.62 bits per heavy atom. The lowest BCUT2D eigenvalue weighted by atomic mass is 10.1. The number of carbonyl (C=O) groups is 1. The maximum atomic E-state index is 11.9. The second kappa shape index (κ2) is 8.25. The Labute approximate surface area is 132 Å². The van der Waals surface area contributed by atoms with Gasteiger partial charge in [-0.2, -0.15) is 0 Å². The van der Waals surface area contributed by atoms with Gasteiger partial charge in [-0.25, -0.2) is 0 Å². The number of rotatable bonds is 7. The molecule has 0 atom stereocenters. The number of nitrogens with zero attached hydrogens (tertiary/aromatic N) is 1. The first-order chi connectivity index (χ1) is 9.79. The first kappa shape index (κ1) is 17.8. The Morgan fingerprint density at radius 2 is 2.00 bits per heavy atom. The molecular weight excluding hydrogens is 288 g/mol. The van der Waals surface area contributed by atoms with Gasteiger partial charge in [-0.05, 0) is 32.9 Å². The molecule has 0 saturated heterocycles. The molecule has 0 aliphatic rings. The van der Waals surface area contributed by atoms with Crippen LogP contribution in [0.25, 0.3) is 0 Å². The summed E-state index contributed by atoms with van der Waals surface area (Å²) in [5.74, 6) is 0.754. The maximum Gasteiger partial charge on any atom is 0.223 e. The van der Waals surface area contributed by atoms with E-state index in [4.69, 9.17) is 16.3 Å².